The average molecular weight is 408 g/mol. The van der Waals surface area contributed by atoms with E-state index in [1.165, 1.54) is 0 Å². The second-order valence-electron chi connectivity index (χ2n) is 5.27. The fourth-order valence-corrected chi connectivity index (χ4v) is 1.51. The van der Waals surface area contributed by atoms with Crippen LogP contribution in [0.1, 0.15) is 19.8 Å². The summed E-state index contributed by atoms with van der Waals surface area (Å²) in [5.41, 5.74) is -0.361. The molecule has 0 unspecified atom stereocenters. The van der Waals surface area contributed by atoms with Crippen molar-refractivity contribution in [1.29, 1.82) is 0 Å². The highest BCUT2D eigenvalue weighted by Crippen LogP contribution is 2.58. The van der Waals surface area contributed by atoms with Crippen LogP contribution in [-0.4, -0.2) is 53.9 Å². The van der Waals surface area contributed by atoms with E-state index in [2.05, 4.69) is 11.3 Å². The smallest absolute Gasteiger partial charge is 0.384 e. The Balaban J connectivity index is 5.59. The van der Waals surface area contributed by atoms with E-state index in [1.54, 1.807) is 0 Å². The van der Waals surface area contributed by atoms with Crippen LogP contribution in [0.15, 0.2) is 12.2 Å². The number of rotatable bonds is 10. The van der Waals surface area contributed by atoms with E-state index < -0.39 is 61.6 Å². The van der Waals surface area contributed by atoms with Crippen molar-refractivity contribution in [3.8, 4) is 0 Å². The molecule has 0 aromatic carbocycles. The van der Waals surface area contributed by atoms with E-state index in [9.17, 15) is 48.7 Å². The van der Waals surface area contributed by atoms with Crippen molar-refractivity contribution in [2.24, 2.45) is 0 Å². The van der Waals surface area contributed by atoms with Gasteiger partial charge in [-0.05, 0) is 6.92 Å². The molecule has 13 heteroatoms. The van der Waals surface area contributed by atoms with Gasteiger partial charge in [0.2, 0.25) is 0 Å². The Morgan fingerprint density at radius 2 is 1.23 bits per heavy atom. The summed E-state index contributed by atoms with van der Waals surface area (Å²) < 4.78 is 137. The SMILES string of the molecule is C=C(C)C(=O)OCCC(F)(F)C(F)(F)C(F)(F)C(F)(F)C(F)(F)CCO. The van der Waals surface area contributed by atoms with Crippen molar-refractivity contribution < 1.29 is 58.5 Å². The Bertz CT molecular complexity index is 530. The Morgan fingerprint density at radius 1 is 0.846 bits per heavy atom. The van der Waals surface area contributed by atoms with E-state index in [0.29, 0.717) is 0 Å². The number of aliphatic hydroxyl groups is 1. The molecule has 0 saturated carbocycles. The highest BCUT2D eigenvalue weighted by Gasteiger charge is 2.85. The normalized spacial score (nSPS) is 14.3. The zero-order valence-corrected chi connectivity index (χ0v) is 13.1. The van der Waals surface area contributed by atoms with Crippen LogP contribution >= 0.6 is 0 Å². The average Bonchev–Trinajstić information content (AvgIpc) is 2.45. The molecular formula is C13H14F10O3. The molecule has 0 aliphatic carbocycles. The van der Waals surface area contributed by atoms with Crippen LogP contribution < -0.4 is 0 Å². The third kappa shape index (κ3) is 4.23. The number of carbonyl (C=O) groups is 1. The number of ether oxygens (including phenoxy) is 1. The highest BCUT2D eigenvalue weighted by molar-refractivity contribution is 5.86. The molecule has 154 valence electrons. The van der Waals surface area contributed by atoms with Crippen LogP contribution in [0.25, 0.3) is 0 Å². The molecule has 0 aliphatic rings. The van der Waals surface area contributed by atoms with Crippen molar-refractivity contribution in [3.05, 3.63) is 12.2 Å². The van der Waals surface area contributed by atoms with Gasteiger partial charge in [0, 0.05) is 18.6 Å². The van der Waals surface area contributed by atoms with Gasteiger partial charge in [-0.15, -0.1) is 0 Å². The lowest BCUT2D eigenvalue weighted by Crippen LogP contribution is -2.67. The van der Waals surface area contributed by atoms with E-state index >= 15 is 0 Å². The van der Waals surface area contributed by atoms with Gasteiger partial charge in [-0.3, -0.25) is 0 Å². The number of hydrogen-bond donors (Lipinski definition) is 1. The molecule has 0 aliphatic heterocycles. The van der Waals surface area contributed by atoms with Gasteiger partial charge in [-0.1, -0.05) is 6.58 Å². The van der Waals surface area contributed by atoms with Gasteiger partial charge in [-0.25, -0.2) is 4.79 Å². The summed E-state index contributed by atoms with van der Waals surface area (Å²) in [5, 5.41) is 8.16. The topological polar surface area (TPSA) is 46.5 Å². The van der Waals surface area contributed by atoms with Gasteiger partial charge >= 0.3 is 35.6 Å². The van der Waals surface area contributed by atoms with Crippen molar-refractivity contribution in [2.45, 2.75) is 49.4 Å². The van der Waals surface area contributed by atoms with Crippen molar-refractivity contribution in [1.82, 2.24) is 0 Å². The largest absolute Gasteiger partial charge is 0.462 e. The molecule has 0 spiro atoms. The summed E-state index contributed by atoms with van der Waals surface area (Å²) >= 11 is 0. The molecule has 3 nitrogen and oxygen atoms in total. The molecule has 0 fully saturated rings. The zero-order valence-electron chi connectivity index (χ0n) is 13.1. The zero-order chi connectivity index (χ0) is 21.2. The van der Waals surface area contributed by atoms with Crippen molar-refractivity contribution in [2.75, 3.05) is 13.2 Å². The maximum Gasteiger partial charge on any atom is 0.384 e. The van der Waals surface area contributed by atoms with Gasteiger partial charge in [0.15, 0.2) is 0 Å². The van der Waals surface area contributed by atoms with Gasteiger partial charge in [0.05, 0.1) is 13.0 Å². The molecule has 0 rings (SSSR count). The predicted octanol–water partition coefficient (Wildman–Crippen LogP) is 4.05. The van der Waals surface area contributed by atoms with Gasteiger partial charge in [0.1, 0.15) is 0 Å². The monoisotopic (exact) mass is 408 g/mol. The first kappa shape index (κ1) is 24.5. The first-order chi connectivity index (χ1) is 11.4. The standard InChI is InChI=1S/C13H14F10O3/c1-7(2)8(25)26-6-4-10(16,17)12(20,21)13(22,23)11(18,19)9(14,15)3-5-24/h24H,1,3-6H2,2H3. The lowest BCUT2D eigenvalue weighted by Gasteiger charge is -2.39. The summed E-state index contributed by atoms with van der Waals surface area (Å²) in [6, 6.07) is 0. The third-order valence-corrected chi connectivity index (χ3v) is 3.13. The fraction of sp³-hybridized carbons (Fsp3) is 0.769. The van der Waals surface area contributed by atoms with Crippen LogP contribution in [0.2, 0.25) is 0 Å². The molecular weight excluding hydrogens is 394 g/mol. The number of aliphatic hydroxyl groups excluding tert-OH is 1. The Hall–Kier alpha value is -1.53. The molecule has 1 N–H and O–H groups in total. The third-order valence-electron chi connectivity index (χ3n) is 3.13. The number of halogens is 10. The highest BCUT2D eigenvalue weighted by atomic mass is 19.4. The van der Waals surface area contributed by atoms with Gasteiger partial charge in [0.25, 0.3) is 0 Å². The van der Waals surface area contributed by atoms with Gasteiger partial charge < -0.3 is 9.84 Å². The predicted molar refractivity (Wildman–Crippen MR) is 66.8 cm³/mol. The number of hydrogen-bond acceptors (Lipinski definition) is 3. The van der Waals surface area contributed by atoms with E-state index in [0.717, 1.165) is 6.92 Å². The summed E-state index contributed by atoms with van der Waals surface area (Å²) in [7, 11) is 0. The molecule has 0 amide bonds. The van der Waals surface area contributed by atoms with E-state index in [4.69, 9.17) is 5.11 Å². The second-order valence-corrected chi connectivity index (χ2v) is 5.27. The first-order valence-corrected chi connectivity index (χ1v) is 6.71. The molecule has 0 aromatic rings. The number of esters is 1. The molecule has 0 heterocycles. The van der Waals surface area contributed by atoms with E-state index in [-0.39, 0.29) is 5.57 Å². The maximum atomic E-state index is 13.4. The molecule has 0 aromatic heterocycles. The molecule has 26 heavy (non-hydrogen) atoms. The lowest BCUT2D eigenvalue weighted by atomic mass is 9.92. The van der Waals surface area contributed by atoms with Crippen molar-refractivity contribution >= 4 is 5.97 Å². The van der Waals surface area contributed by atoms with Crippen LogP contribution in [0, 0.1) is 0 Å². The first-order valence-electron chi connectivity index (χ1n) is 6.71. The minimum atomic E-state index is -7.19. The minimum absolute atomic E-state index is 0.361. The summed E-state index contributed by atoms with van der Waals surface area (Å²) in [5.74, 6) is -34.2. The Morgan fingerprint density at radius 3 is 1.58 bits per heavy atom. The van der Waals surface area contributed by atoms with Crippen LogP contribution in [0.5, 0.6) is 0 Å². The minimum Gasteiger partial charge on any atom is -0.462 e. The van der Waals surface area contributed by atoms with Gasteiger partial charge in [-0.2, -0.15) is 43.9 Å². The van der Waals surface area contributed by atoms with Crippen molar-refractivity contribution in [3.63, 3.8) is 0 Å². The quantitative estimate of drug-likeness (QED) is 0.337. The summed E-state index contributed by atoms with van der Waals surface area (Å²) in [6.07, 6.45) is -4.72. The number of alkyl halides is 10. The van der Waals surface area contributed by atoms with Crippen LogP contribution in [0.3, 0.4) is 0 Å². The lowest BCUT2D eigenvalue weighted by molar-refractivity contribution is -0.403. The summed E-state index contributed by atoms with van der Waals surface area (Å²) in [4.78, 5) is 10.9. The van der Waals surface area contributed by atoms with Crippen LogP contribution in [0.4, 0.5) is 43.9 Å². The Labute approximate surface area is 140 Å². The maximum absolute atomic E-state index is 13.4. The second kappa shape index (κ2) is 7.61. The molecule has 0 atom stereocenters. The fourth-order valence-electron chi connectivity index (χ4n) is 1.51. The van der Waals surface area contributed by atoms with Crippen LogP contribution in [-0.2, 0) is 9.53 Å². The summed E-state index contributed by atoms with van der Waals surface area (Å²) in [6.45, 7) is 0.648. The molecule has 0 radical (unpaired) electrons. The molecule has 0 saturated heterocycles. The molecule has 0 bridgehead atoms. The Kier molecular flexibility index (Phi) is 7.16. The number of carbonyl (C=O) groups excluding carboxylic acids is 1. The van der Waals surface area contributed by atoms with E-state index in [1.807, 2.05) is 0 Å².